The van der Waals surface area contributed by atoms with E-state index in [1.165, 1.54) is 0 Å². The summed E-state index contributed by atoms with van der Waals surface area (Å²) in [6.07, 6.45) is -4.31. The highest BCUT2D eigenvalue weighted by molar-refractivity contribution is 7.89. The maximum Gasteiger partial charge on any atom is 0.407 e. The Bertz CT molecular complexity index is 674. The van der Waals surface area contributed by atoms with Gasteiger partial charge < -0.3 is 9.67 Å². The molecule has 1 aliphatic rings. The van der Waals surface area contributed by atoms with Crippen molar-refractivity contribution in [2.24, 2.45) is 0 Å². The van der Waals surface area contributed by atoms with Crippen LogP contribution in [-0.2, 0) is 16.6 Å². The SMILES string of the molecule is CCn1cc(S(=O)(=O)NC2(C(F)(F)F)CC2)cc1C(=O)O. The van der Waals surface area contributed by atoms with E-state index in [0.717, 1.165) is 16.8 Å². The molecule has 21 heavy (non-hydrogen) atoms. The first kappa shape index (κ1) is 15.8. The van der Waals surface area contributed by atoms with Crippen LogP contribution < -0.4 is 4.72 Å². The van der Waals surface area contributed by atoms with Crippen molar-refractivity contribution >= 4 is 16.0 Å². The van der Waals surface area contributed by atoms with Crippen LogP contribution in [-0.4, -0.2) is 35.8 Å². The second-order valence-corrected chi connectivity index (χ2v) is 6.52. The largest absolute Gasteiger partial charge is 0.477 e. The third-order valence-corrected chi connectivity index (χ3v) is 4.87. The molecule has 1 saturated carbocycles. The van der Waals surface area contributed by atoms with Gasteiger partial charge in [0.2, 0.25) is 10.0 Å². The van der Waals surface area contributed by atoms with Gasteiger partial charge in [0.05, 0.1) is 0 Å². The maximum atomic E-state index is 12.8. The number of aryl methyl sites for hydroxylation is 1. The van der Waals surface area contributed by atoms with Gasteiger partial charge in [-0.05, 0) is 25.8 Å². The number of aromatic carboxylic acids is 1. The summed E-state index contributed by atoms with van der Waals surface area (Å²) >= 11 is 0. The summed E-state index contributed by atoms with van der Waals surface area (Å²) in [7, 11) is -4.44. The molecule has 0 unspecified atom stereocenters. The predicted octanol–water partition coefficient (Wildman–Crippen LogP) is 1.58. The normalized spacial score (nSPS) is 17.7. The number of hydrogen-bond donors (Lipinski definition) is 2. The van der Waals surface area contributed by atoms with Crippen LogP contribution in [0.15, 0.2) is 17.2 Å². The molecule has 10 heteroatoms. The van der Waals surface area contributed by atoms with Crippen LogP contribution in [0.25, 0.3) is 0 Å². The van der Waals surface area contributed by atoms with Crippen molar-refractivity contribution < 1.29 is 31.5 Å². The van der Waals surface area contributed by atoms with Gasteiger partial charge in [-0.1, -0.05) is 0 Å². The van der Waals surface area contributed by atoms with E-state index in [1.807, 2.05) is 0 Å². The zero-order chi connectivity index (χ0) is 16.1. The van der Waals surface area contributed by atoms with Crippen LogP contribution in [0.2, 0.25) is 0 Å². The van der Waals surface area contributed by atoms with Gasteiger partial charge in [0, 0.05) is 12.7 Å². The number of nitrogens with zero attached hydrogens (tertiary/aromatic N) is 1. The van der Waals surface area contributed by atoms with Gasteiger partial charge in [-0.2, -0.15) is 17.9 Å². The Balaban J connectivity index is 2.35. The Kier molecular flexibility index (Phi) is 3.57. The van der Waals surface area contributed by atoms with Crippen molar-refractivity contribution in [1.29, 1.82) is 0 Å². The molecular weight excluding hydrogens is 313 g/mol. The van der Waals surface area contributed by atoms with Gasteiger partial charge in [0.15, 0.2) is 0 Å². The van der Waals surface area contributed by atoms with Crippen LogP contribution in [0.1, 0.15) is 30.3 Å². The third-order valence-electron chi connectivity index (χ3n) is 3.36. The second-order valence-electron chi connectivity index (χ2n) is 4.84. The van der Waals surface area contributed by atoms with Gasteiger partial charge in [-0.15, -0.1) is 0 Å². The third kappa shape index (κ3) is 2.77. The molecule has 2 rings (SSSR count). The Labute approximate surface area is 118 Å². The second kappa shape index (κ2) is 4.73. The molecular formula is C11H13F3N2O4S. The molecule has 1 aliphatic carbocycles. The number of carboxylic acid groups (broad SMARTS) is 1. The number of hydrogen-bond acceptors (Lipinski definition) is 3. The highest BCUT2D eigenvalue weighted by Gasteiger charge is 2.65. The molecule has 1 aromatic rings. The first-order valence-corrected chi connectivity index (χ1v) is 7.55. The fraction of sp³-hybridized carbons (Fsp3) is 0.545. The molecule has 0 bridgehead atoms. The fourth-order valence-electron chi connectivity index (χ4n) is 1.96. The summed E-state index contributed by atoms with van der Waals surface area (Å²) in [5.74, 6) is -1.35. The number of nitrogens with one attached hydrogen (secondary N) is 1. The molecule has 118 valence electrons. The first-order chi connectivity index (χ1) is 9.52. The first-order valence-electron chi connectivity index (χ1n) is 6.06. The van der Waals surface area contributed by atoms with Gasteiger partial charge in [0.1, 0.15) is 16.1 Å². The van der Waals surface area contributed by atoms with Crippen molar-refractivity contribution in [3.63, 3.8) is 0 Å². The lowest BCUT2D eigenvalue weighted by atomic mass is 10.3. The molecule has 0 radical (unpaired) electrons. The van der Waals surface area contributed by atoms with Crippen molar-refractivity contribution in [1.82, 2.24) is 9.29 Å². The van der Waals surface area contributed by atoms with Gasteiger partial charge in [-0.25, -0.2) is 13.2 Å². The summed E-state index contributed by atoms with van der Waals surface area (Å²) < 4.78 is 65.2. The molecule has 0 amide bonds. The number of halogens is 3. The summed E-state index contributed by atoms with van der Waals surface area (Å²) in [6.45, 7) is 1.77. The van der Waals surface area contributed by atoms with Gasteiger partial charge in [-0.3, -0.25) is 0 Å². The maximum absolute atomic E-state index is 12.8. The number of aromatic nitrogens is 1. The van der Waals surface area contributed by atoms with Crippen LogP contribution in [0.5, 0.6) is 0 Å². The smallest absolute Gasteiger partial charge is 0.407 e. The van der Waals surface area contributed by atoms with E-state index < -0.39 is 32.6 Å². The standard InChI is InChI=1S/C11H13F3N2O4S/c1-2-16-6-7(5-8(16)9(17)18)21(19,20)15-10(3-4-10)11(12,13)14/h5-6,15H,2-4H2,1H3,(H,17,18). The lowest BCUT2D eigenvalue weighted by Crippen LogP contribution is -2.47. The summed E-state index contributed by atoms with van der Waals surface area (Å²) in [4.78, 5) is 10.5. The number of sulfonamides is 1. The van der Waals surface area contributed by atoms with Crippen molar-refractivity contribution in [2.45, 2.75) is 42.9 Å². The Morgan fingerprint density at radius 3 is 2.38 bits per heavy atom. The Morgan fingerprint density at radius 2 is 2.05 bits per heavy atom. The van der Waals surface area contributed by atoms with Crippen molar-refractivity contribution in [2.75, 3.05) is 0 Å². The van der Waals surface area contributed by atoms with E-state index in [0.29, 0.717) is 0 Å². The molecule has 0 spiro atoms. The van der Waals surface area contributed by atoms with E-state index in [9.17, 15) is 26.4 Å². The van der Waals surface area contributed by atoms with Crippen LogP contribution >= 0.6 is 0 Å². The van der Waals surface area contributed by atoms with Crippen molar-refractivity contribution in [3.05, 3.63) is 18.0 Å². The molecule has 1 aromatic heterocycles. The highest BCUT2D eigenvalue weighted by atomic mass is 32.2. The molecule has 0 aromatic carbocycles. The zero-order valence-corrected chi connectivity index (χ0v) is 11.8. The number of carboxylic acids is 1. The quantitative estimate of drug-likeness (QED) is 0.860. The average molecular weight is 326 g/mol. The van der Waals surface area contributed by atoms with Gasteiger partial charge >= 0.3 is 12.1 Å². The molecule has 0 saturated heterocycles. The number of carbonyl (C=O) groups is 1. The predicted molar refractivity (Wildman–Crippen MR) is 65.4 cm³/mol. The van der Waals surface area contributed by atoms with E-state index in [-0.39, 0.29) is 25.1 Å². The summed E-state index contributed by atoms with van der Waals surface area (Å²) in [5, 5.41) is 8.93. The molecule has 0 aliphatic heterocycles. The lowest BCUT2D eigenvalue weighted by molar-refractivity contribution is -0.160. The van der Waals surface area contributed by atoms with Crippen LogP contribution in [0, 0.1) is 0 Å². The van der Waals surface area contributed by atoms with Crippen molar-refractivity contribution in [3.8, 4) is 0 Å². The molecule has 6 nitrogen and oxygen atoms in total. The van der Waals surface area contributed by atoms with E-state index in [4.69, 9.17) is 5.11 Å². The van der Waals surface area contributed by atoms with Crippen LogP contribution in [0.4, 0.5) is 13.2 Å². The minimum Gasteiger partial charge on any atom is -0.477 e. The van der Waals surface area contributed by atoms with E-state index >= 15 is 0 Å². The van der Waals surface area contributed by atoms with E-state index in [2.05, 4.69) is 0 Å². The topological polar surface area (TPSA) is 88.4 Å². The Morgan fingerprint density at radius 1 is 1.48 bits per heavy atom. The number of rotatable bonds is 5. The fourth-order valence-corrected chi connectivity index (χ4v) is 3.44. The average Bonchev–Trinajstić information content (AvgIpc) is 2.98. The minimum absolute atomic E-state index is 0.182. The lowest BCUT2D eigenvalue weighted by Gasteiger charge is -2.20. The molecule has 1 heterocycles. The van der Waals surface area contributed by atoms with Gasteiger partial charge in [0.25, 0.3) is 0 Å². The highest BCUT2D eigenvalue weighted by Crippen LogP contribution is 2.49. The minimum atomic E-state index is -4.68. The summed E-state index contributed by atoms with van der Waals surface area (Å²) in [6, 6.07) is 0.848. The zero-order valence-electron chi connectivity index (χ0n) is 10.9. The summed E-state index contributed by atoms with van der Waals surface area (Å²) in [5.41, 5.74) is -2.72. The number of alkyl halides is 3. The van der Waals surface area contributed by atoms with E-state index in [1.54, 1.807) is 11.6 Å². The van der Waals surface area contributed by atoms with Crippen LogP contribution in [0.3, 0.4) is 0 Å². The molecule has 2 N–H and O–H groups in total. The Hall–Kier alpha value is -1.55. The molecule has 1 fully saturated rings. The monoisotopic (exact) mass is 326 g/mol. The molecule has 0 atom stereocenters.